The molecule has 0 aliphatic carbocycles. The minimum absolute atomic E-state index is 0.0715. The summed E-state index contributed by atoms with van der Waals surface area (Å²) in [5, 5.41) is 8.84. The van der Waals surface area contributed by atoms with Gasteiger partial charge in [-0.1, -0.05) is 6.92 Å². The molecule has 0 bridgehead atoms. The van der Waals surface area contributed by atoms with E-state index in [1.54, 1.807) is 20.9 Å². The second kappa shape index (κ2) is 8.21. The summed E-state index contributed by atoms with van der Waals surface area (Å²) in [5.74, 6) is -1.69. The zero-order valence-corrected chi connectivity index (χ0v) is 12.5. The summed E-state index contributed by atoms with van der Waals surface area (Å²) >= 11 is 0. The minimum atomic E-state index is -0.908. The van der Waals surface area contributed by atoms with Gasteiger partial charge < -0.3 is 19.5 Å². The van der Waals surface area contributed by atoms with Gasteiger partial charge in [0.05, 0.1) is 18.6 Å². The Morgan fingerprint density at radius 3 is 2.65 bits per heavy atom. The molecule has 1 saturated heterocycles. The maximum atomic E-state index is 12.0. The summed E-state index contributed by atoms with van der Waals surface area (Å²) in [6.07, 6.45) is 2.67. The standard InChI is InChI=1S/C14H25NO5/c1-10(14(17)18)8-15(3)13(16)11(2)20-9-12-6-4-5-7-19-12/h10-12H,4-9H2,1-3H3,(H,17,18). The average molecular weight is 287 g/mol. The third kappa shape index (κ3) is 5.46. The number of amides is 1. The lowest BCUT2D eigenvalue weighted by molar-refractivity contribution is -0.148. The molecule has 20 heavy (non-hydrogen) atoms. The lowest BCUT2D eigenvalue weighted by Gasteiger charge is -2.26. The highest BCUT2D eigenvalue weighted by molar-refractivity contribution is 5.81. The van der Waals surface area contributed by atoms with Gasteiger partial charge in [-0.2, -0.15) is 0 Å². The van der Waals surface area contributed by atoms with Crippen molar-refractivity contribution >= 4 is 11.9 Å². The third-order valence-electron chi connectivity index (χ3n) is 3.50. The van der Waals surface area contributed by atoms with Crippen LogP contribution in [-0.2, 0) is 19.1 Å². The Morgan fingerprint density at radius 1 is 1.40 bits per heavy atom. The normalized spacial score (nSPS) is 22.1. The molecule has 0 aromatic heterocycles. The van der Waals surface area contributed by atoms with Crippen molar-refractivity contribution in [1.82, 2.24) is 4.90 Å². The molecule has 1 aliphatic heterocycles. The van der Waals surface area contributed by atoms with E-state index in [-0.39, 0.29) is 18.6 Å². The van der Waals surface area contributed by atoms with Gasteiger partial charge >= 0.3 is 5.97 Å². The van der Waals surface area contributed by atoms with E-state index in [1.165, 1.54) is 4.90 Å². The first-order chi connectivity index (χ1) is 9.41. The van der Waals surface area contributed by atoms with Crippen molar-refractivity contribution in [1.29, 1.82) is 0 Å². The van der Waals surface area contributed by atoms with Gasteiger partial charge in [0.2, 0.25) is 0 Å². The number of carboxylic acids is 1. The number of likely N-dealkylation sites (N-methyl/N-ethyl adjacent to an activating group) is 1. The Labute approximate surface area is 120 Å². The molecule has 6 nitrogen and oxygen atoms in total. The zero-order valence-electron chi connectivity index (χ0n) is 12.5. The highest BCUT2D eigenvalue weighted by atomic mass is 16.5. The van der Waals surface area contributed by atoms with Crippen molar-refractivity contribution < 1.29 is 24.2 Å². The van der Waals surface area contributed by atoms with E-state index in [0.29, 0.717) is 6.61 Å². The van der Waals surface area contributed by atoms with Gasteiger partial charge in [0.25, 0.3) is 5.91 Å². The molecule has 0 radical (unpaired) electrons. The van der Waals surface area contributed by atoms with Crippen molar-refractivity contribution in [2.75, 3.05) is 26.8 Å². The number of ether oxygens (including phenoxy) is 2. The number of rotatable bonds is 7. The third-order valence-corrected chi connectivity index (χ3v) is 3.50. The molecule has 1 heterocycles. The first kappa shape index (κ1) is 16.9. The smallest absolute Gasteiger partial charge is 0.308 e. The van der Waals surface area contributed by atoms with E-state index in [1.807, 2.05) is 0 Å². The summed E-state index contributed by atoms with van der Waals surface area (Å²) in [4.78, 5) is 24.2. The van der Waals surface area contributed by atoms with Crippen LogP contribution in [0.4, 0.5) is 0 Å². The van der Waals surface area contributed by atoms with Crippen LogP contribution < -0.4 is 0 Å². The summed E-state index contributed by atoms with van der Waals surface area (Å²) in [7, 11) is 1.60. The molecule has 0 saturated carbocycles. The Bertz CT molecular complexity index is 328. The molecule has 116 valence electrons. The molecule has 0 aromatic rings. The molecule has 1 fully saturated rings. The fourth-order valence-corrected chi connectivity index (χ4v) is 2.15. The number of carboxylic acid groups (broad SMARTS) is 1. The molecule has 0 aromatic carbocycles. The van der Waals surface area contributed by atoms with E-state index >= 15 is 0 Å². The predicted octanol–water partition coefficient (Wildman–Crippen LogP) is 1.14. The highest BCUT2D eigenvalue weighted by Gasteiger charge is 2.23. The Kier molecular flexibility index (Phi) is 6.95. The van der Waals surface area contributed by atoms with Gasteiger partial charge in [0.1, 0.15) is 6.10 Å². The van der Waals surface area contributed by atoms with Crippen molar-refractivity contribution in [2.24, 2.45) is 5.92 Å². The lowest BCUT2D eigenvalue weighted by atomic mass is 10.1. The number of hydrogen-bond acceptors (Lipinski definition) is 4. The molecule has 3 unspecified atom stereocenters. The van der Waals surface area contributed by atoms with E-state index in [9.17, 15) is 9.59 Å². The molecular formula is C14H25NO5. The van der Waals surface area contributed by atoms with E-state index in [4.69, 9.17) is 14.6 Å². The maximum absolute atomic E-state index is 12.0. The van der Waals surface area contributed by atoms with Gasteiger partial charge in [-0.25, -0.2) is 0 Å². The lowest BCUT2D eigenvalue weighted by Crippen LogP contribution is -2.41. The fourth-order valence-electron chi connectivity index (χ4n) is 2.15. The van der Waals surface area contributed by atoms with Crippen LogP contribution in [0.3, 0.4) is 0 Å². The molecule has 1 rings (SSSR count). The largest absolute Gasteiger partial charge is 0.481 e. The second-order valence-electron chi connectivity index (χ2n) is 5.42. The maximum Gasteiger partial charge on any atom is 0.308 e. The molecule has 1 N–H and O–H groups in total. The average Bonchev–Trinajstić information content (AvgIpc) is 2.44. The SMILES string of the molecule is CC(CN(C)C(=O)C(C)OCC1CCCCO1)C(=O)O. The first-order valence-corrected chi connectivity index (χ1v) is 7.12. The van der Waals surface area contributed by atoms with Crippen LogP contribution in [0.25, 0.3) is 0 Å². The second-order valence-corrected chi connectivity index (χ2v) is 5.42. The summed E-state index contributed by atoms with van der Waals surface area (Å²) in [5.41, 5.74) is 0. The van der Waals surface area contributed by atoms with Gasteiger partial charge in [0.15, 0.2) is 0 Å². The minimum Gasteiger partial charge on any atom is -0.481 e. The van der Waals surface area contributed by atoms with Crippen molar-refractivity contribution in [3.63, 3.8) is 0 Å². The molecule has 6 heteroatoms. The number of carbonyl (C=O) groups excluding carboxylic acids is 1. The van der Waals surface area contributed by atoms with Gasteiger partial charge in [-0.05, 0) is 26.2 Å². The number of hydrogen-bond donors (Lipinski definition) is 1. The van der Waals surface area contributed by atoms with Crippen LogP contribution >= 0.6 is 0 Å². The molecule has 0 spiro atoms. The Morgan fingerprint density at radius 2 is 2.10 bits per heavy atom. The first-order valence-electron chi connectivity index (χ1n) is 7.12. The van der Waals surface area contributed by atoms with Crippen LogP contribution in [0.5, 0.6) is 0 Å². The van der Waals surface area contributed by atoms with Crippen LogP contribution in [0, 0.1) is 5.92 Å². The monoisotopic (exact) mass is 287 g/mol. The number of aliphatic carboxylic acids is 1. The van der Waals surface area contributed by atoms with Crippen molar-refractivity contribution in [3.8, 4) is 0 Å². The molecular weight excluding hydrogens is 262 g/mol. The van der Waals surface area contributed by atoms with E-state index < -0.39 is 18.0 Å². The van der Waals surface area contributed by atoms with Crippen LogP contribution in [-0.4, -0.2) is 60.9 Å². The molecule has 1 amide bonds. The van der Waals surface area contributed by atoms with E-state index in [0.717, 1.165) is 25.9 Å². The molecule has 1 aliphatic rings. The van der Waals surface area contributed by atoms with E-state index in [2.05, 4.69) is 0 Å². The zero-order chi connectivity index (χ0) is 15.1. The molecule has 3 atom stereocenters. The van der Waals surface area contributed by atoms with Gasteiger partial charge in [-0.3, -0.25) is 9.59 Å². The number of nitrogens with zero attached hydrogens (tertiary/aromatic N) is 1. The fraction of sp³-hybridized carbons (Fsp3) is 0.857. The summed E-state index contributed by atoms with van der Waals surface area (Å²) in [6.45, 7) is 4.62. The number of carbonyl (C=O) groups is 2. The summed E-state index contributed by atoms with van der Waals surface area (Å²) < 4.78 is 11.1. The van der Waals surface area contributed by atoms with Crippen LogP contribution in [0.2, 0.25) is 0 Å². The van der Waals surface area contributed by atoms with Crippen LogP contribution in [0.1, 0.15) is 33.1 Å². The highest BCUT2D eigenvalue weighted by Crippen LogP contribution is 2.14. The quantitative estimate of drug-likeness (QED) is 0.760. The Balaban J connectivity index is 2.31. The van der Waals surface area contributed by atoms with Crippen molar-refractivity contribution in [2.45, 2.75) is 45.3 Å². The van der Waals surface area contributed by atoms with Gasteiger partial charge in [-0.15, -0.1) is 0 Å². The van der Waals surface area contributed by atoms with Crippen LogP contribution in [0.15, 0.2) is 0 Å². The van der Waals surface area contributed by atoms with Crippen molar-refractivity contribution in [3.05, 3.63) is 0 Å². The predicted molar refractivity (Wildman–Crippen MR) is 73.4 cm³/mol. The Hall–Kier alpha value is -1.14. The summed E-state index contributed by atoms with van der Waals surface area (Å²) in [6, 6.07) is 0. The van der Waals surface area contributed by atoms with Gasteiger partial charge in [0, 0.05) is 20.2 Å². The topological polar surface area (TPSA) is 76.1 Å².